The van der Waals surface area contributed by atoms with Gasteiger partial charge in [-0.1, -0.05) is 41.9 Å². The number of hydrogen-bond acceptors (Lipinski definition) is 4. The standard InChI is InChI=1S/C19H21ClN2O4S/c1-27(25,26)12-11-17(19(24)21-13-14-5-3-2-4-6-14)22-18(23)15-7-9-16(20)10-8-15/h2-10,17H,11-13H2,1H3,(H,21,24)(H,22,23). The Hall–Kier alpha value is -2.38. The molecule has 2 rings (SSSR count). The highest BCUT2D eigenvalue weighted by Gasteiger charge is 2.23. The highest BCUT2D eigenvalue weighted by Crippen LogP contribution is 2.10. The molecule has 0 aliphatic heterocycles. The zero-order valence-electron chi connectivity index (χ0n) is 14.8. The Morgan fingerprint density at radius 1 is 1.04 bits per heavy atom. The first kappa shape index (κ1) is 20.9. The van der Waals surface area contributed by atoms with Gasteiger partial charge in [-0.3, -0.25) is 9.59 Å². The molecule has 0 saturated carbocycles. The Morgan fingerprint density at radius 2 is 1.67 bits per heavy atom. The molecule has 0 saturated heterocycles. The van der Waals surface area contributed by atoms with Crippen molar-refractivity contribution in [2.24, 2.45) is 0 Å². The van der Waals surface area contributed by atoms with Gasteiger partial charge in [-0.05, 0) is 36.2 Å². The molecule has 0 heterocycles. The predicted octanol–water partition coefficient (Wildman–Crippen LogP) is 2.19. The summed E-state index contributed by atoms with van der Waals surface area (Å²) < 4.78 is 22.9. The van der Waals surface area contributed by atoms with Crippen molar-refractivity contribution in [2.45, 2.75) is 19.0 Å². The molecule has 2 aromatic carbocycles. The van der Waals surface area contributed by atoms with Crippen LogP contribution in [0, 0.1) is 0 Å². The number of carbonyl (C=O) groups excluding carboxylic acids is 2. The fourth-order valence-corrected chi connectivity index (χ4v) is 3.14. The third-order valence-electron chi connectivity index (χ3n) is 3.82. The summed E-state index contributed by atoms with van der Waals surface area (Å²) in [7, 11) is -3.27. The van der Waals surface area contributed by atoms with Crippen LogP contribution in [0.2, 0.25) is 5.02 Å². The average molecular weight is 409 g/mol. The van der Waals surface area contributed by atoms with E-state index >= 15 is 0 Å². The largest absolute Gasteiger partial charge is 0.350 e. The van der Waals surface area contributed by atoms with Gasteiger partial charge in [0.1, 0.15) is 15.9 Å². The van der Waals surface area contributed by atoms with Gasteiger partial charge >= 0.3 is 0 Å². The first-order chi connectivity index (χ1) is 12.7. The zero-order chi connectivity index (χ0) is 19.9. The lowest BCUT2D eigenvalue weighted by Crippen LogP contribution is -2.47. The maximum atomic E-state index is 12.5. The summed E-state index contributed by atoms with van der Waals surface area (Å²) in [6.45, 7) is 0.284. The molecule has 0 radical (unpaired) electrons. The van der Waals surface area contributed by atoms with E-state index in [4.69, 9.17) is 11.6 Å². The van der Waals surface area contributed by atoms with Gasteiger partial charge in [0.25, 0.3) is 5.91 Å². The summed E-state index contributed by atoms with van der Waals surface area (Å²) in [4.78, 5) is 24.9. The third-order valence-corrected chi connectivity index (χ3v) is 5.04. The number of carbonyl (C=O) groups is 2. The van der Waals surface area contributed by atoms with Crippen molar-refractivity contribution < 1.29 is 18.0 Å². The second kappa shape index (κ2) is 9.53. The van der Waals surface area contributed by atoms with Gasteiger partial charge in [0, 0.05) is 23.4 Å². The monoisotopic (exact) mass is 408 g/mol. The molecular weight excluding hydrogens is 388 g/mol. The normalized spacial score (nSPS) is 12.2. The second-order valence-corrected chi connectivity index (χ2v) is 8.85. The fourth-order valence-electron chi connectivity index (χ4n) is 2.35. The Labute approximate surface area is 163 Å². The van der Waals surface area contributed by atoms with Crippen molar-refractivity contribution in [3.8, 4) is 0 Å². The molecular formula is C19H21ClN2O4S. The summed E-state index contributed by atoms with van der Waals surface area (Å²) in [5, 5.41) is 5.82. The van der Waals surface area contributed by atoms with Gasteiger partial charge in [0.05, 0.1) is 5.75 Å². The lowest BCUT2D eigenvalue weighted by Gasteiger charge is -2.18. The van der Waals surface area contributed by atoms with Gasteiger partial charge in [-0.25, -0.2) is 8.42 Å². The van der Waals surface area contributed by atoms with E-state index in [2.05, 4.69) is 10.6 Å². The van der Waals surface area contributed by atoms with Crippen molar-refractivity contribution in [2.75, 3.05) is 12.0 Å². The molecule has 2 aromatic rings. The van der Waals surface area contributed by atoms with Gasteiger partial charge < -0.3 is 10.6 Å². The minimum absolute atomic E-state index is 0.0151. The molecule has 1 unspecified atom stereocenters. The minimum atomic E-state index is -3.27. The zero-order valence-corrected chi connectivity index (χ0v) is 16.4. The summed E-state index contributed by atoms with van der Waals surface area (Å²) in [6, 6.07) is 14.5. The van der Waals surface area contributed by atoms with Crippen molar-refractivity contribution in [3.63, 3.8) is 0 Å². The number of benzene rings is 2. The van der Waals surface area contributed by atoms with Gasteiger partial charge in [0.2, 0.25) is 5.91 Å². The summed E-state index contributed by atoms with van der Waals surface area (Å²) in [5.41, 5.74) is 1.23. The van der Waals surface area contributed by atoms with E-state index < -0.39 is 27.7 Å². The number of amides is 2. The minimum Gasteiger partial charge on any atom is -0.350 e. The van der Waals surface area contributed by atoms with E-state index in [9.17, 15) is 18.0 Å². The van der Waals surface area contributed by atoms with E-state index in [0.29, 0.717) is 10.6 Å². The van der Waals surface area contributed by atoms with E-state index in [-0.39, 0.29) is 18.7 Å². The van der Waals surface area contributed by atoms with Crippen molar-refractivity contribution in [1.29, 1.82) is 0 Å². The number of nitrogens with one attached hydrogen (secondary N) is 2. The van der Waals surface area contributed by atoms with Crippen LogP contribution < -0.4 is 10.6 Å². The molecule has 0 aliphatic carbocycles. The van der Waals surface area contributed by atoms with E-state index in [1.54, 1.807) is 12.1 Å². The smallest absolute Gasteiger partial charge is 0.251 e. The average Bonchev–Trinajstić information content (AvgIpc) is 2.63. The number of rotatable bonds is 8. The topological polar surface area (TPSA) is 92.3 Å². The van der Waals surface area contributed by atoms with Crippen LogP contribution in [-0.4, -0.2) is 38.3 Å². The summed E-state index contributed by atoms with van der Waals surface area (Å²) in [5.74, 6) is -1.12. The molecule has 0 aliphatic rings. The Balaban J connectivity index is 2.05. The number of halogens is 1. The molecule has 0 aromatic heterocycles. The molecule has 2 amide bonds. The van der Waals surface area contributed by atoms with Crippen LogP contribution in [0.3, 0.4) is 0 Å². The Bertz CT molecular complexity index is 884. The third kappa shape index (κ3) is 7.40. The lowest BCUT2D eigenvalue weighted by molar-refractivity contribution is -0.123. The van der Waals surface area contributed by atoms with Crippen LogP contribution in [-0.2, 0) is 21.2 Å². The van der Waals surface area contributed by atoms with Gasteiger partial charge in [-0.15, -0.1) is 0 Å². The molecule has 0 spiro atoms. The van der Waals surface area contributed by atoms with Crippen LogP contribution in [0.1, 0.15) is 22.3 Å². The molecule has 8 heteroatoms. The van der Waals surface area contributed by atoms with Crippen LogP contribution in [0.15, 0.2) is 54.6 Å². The van der Waals surface area contributed by atoms with Gasteiger partial charge in [-0.2, -0.15) is 0 Å². The van der Waals surface area contributed by atoms with Gasteiger partial charge in [0.15, 0.2) is 0 Å². The van der Waals surface area contributed by atoms with Crippen LogP contribution in [0.5, 0.6) is 0 Å². The van der Waals surface area contributed by atoms with E-state index in [0.717, 1.165) is 11.8 Å². The fraction of sp³-hybridized carbons (Fsp3) is 0.263. The molecule has 27 heavy (non-hydrogen) atoms. The first-order valence-corrected chi connectivity index (χ1v) is 10.7. The second-order valence-electron chi connectivity index (χ2n) is 6.15. The number of hydrogen-bond donors (Lipinski definition) is 2. The highest BCUT2D eigenvalue weighted by atomic mass is 35.5. The quantitative estimate of drug-likeness (QED) is 0.700. The Kier molecular flexibility index (Phi) is 7.38. The lowest BCUT2D eigenvalue weighted by atomic mass is 10.1. The maximum absolute atomic E-state index is 12.5. The predicted molar refractivity (Wildman–Crippen MR) is 105 cm³/mol. The van der Waals surface area contributed by atoms with Crippen LogP contribution >= 0.6 is 11.6 Å². The summed E-state index contributed by atoms with van der Waals surface area (Å²) >= 11 is 5.81. The first-order valence-electron chi connectivity index (χ1n) is 8.30. The molecule has 6 nitrogen and oxygen atoms in total. The molecule has 0 fully saturated rings. The van der Waals surface area contributed by atoms with Crippen molar-refractivity contribution in [1.82, 2.24) is 10.6 Å². The van der Waals surface area contributed by atoms with Crippen LogP contribution in [0.4, 0.5) is 0 Å². The van der Waals surface area contributed by atoms with Crippen LogP contribution in [0.25, 0.3) is 0 Å². The molecule has 0 bridgehead atoms. The SMILES string of the molecule is CS(=O)(=O)CCC(NC(=O)c1ccc(Cl)cc1)C(=O)NCc1ccccc1. The maximum Gasteiger partial charge on any atom is 0.251 e. The van der Waals surface area contributed by atoms with E-state index in [1.807, 2.05) is 30.3 Å². The molecule has 1 atom stereocenters. The summed E-state index contributed by atoms with van der Waals surface area (Å²) in [6.07, 6.45) is 1.08. The highest BCUT2D eigenvalue weighted by molar-refractivity contribution is 7.90. The van der Waals surface area contributed by atoms with Crippen molar-refractivity contribution in [3.05, 3.63) is 70.7 Å². The number of sulfone groups is 1. The Morgan fingerprint density at radius 3 is 2.26 bits per heavy atom. The molecule has 144 valence electrons. The molecule has 2 N–H and O–H groups in total. The van der Waals surface area contributed by atoms with E-state index in [1.165, 1.54) is 12.1 Å². The van der Waals surface area contributed by atoms with Crippen molar-refractivity contribution >= 4 is 33.3 Å².